The van der Waals surface area contributed by atoms with Crippen molar-refractivity contribution in [1.82, 2.24) is 0 Å². The van der Waals surface area contributed by atoms with E-state index < -0.39 is 5.97 Å². The number of carboxylic acids is 1. The summed E-state index contributed by atoms with van der Waals surface area (Å²) in [5.41, 5.74) is 0. The number of allylic oxidation sites excluding steroid dienone is 6. The second-order valence-electron chi connectivity index (χ2n) is 6.31. The highest BCUT2D eigenvalue weighted by Crippen LogP contribution is 2.17. The van der Waals surface area contributed by atoms with Gasteiger partial charge in [0.2, 0.25) is 0 Å². The first-order chi connectivity index (χ1) is 12.2. The average Bonchev–Trinajstić information content (AvgIpc) is 2.60. The van der Waals surface area contributed by atoms with Crippen LogP contribution in [-0.4, -0.2) is 22.1 Å². The fraction of sp³-hybridized carbons (Fsp3) is 0.682. The highest BCUT2D eigenvalue weighted by Gasteiger charge is 2.14. The molecule has 0 radical (unpaired) electrons. The molecule has 0 saturated heterocycles. The molecular weight excluding hydrogens is 328 g/mol. The Morgan fingerprint density at radius 3 is 2.00 bits per heavy atom. The molecule has 1 N–H and O–H groups in total. The summed E-state index contributed by atoms with van der Waals surface area (Å²) < 4.78 is 0. The molecule has 144 valence electrons. The third-order valence-electron chi connectivity index (χ3n) is 4.01. The quantitative estimate of drug-likeness (QED) is 0.219. The molecule has 0 spiro atoms. The molecule has 0 heterocycles. The molecule has 0 rings (SSSR count). The molecule has 0 bridgehead atoms. The fourth-order valence-corrected chi connectivity index (χ4v) is 3.52. The number of unbranched alkanes of at least 4 members (excludes halogenated alkanes) is 6. The molecule has 2 nitrogen and oxygen atoms in total. The molecule has 0 saturated carbocycles. The molecule has 0 aliphatic rings. The van der Waals surface area contributed by atoms with Crippen molar-refractivity contribution in [3.05, 3.63) is 36.5 Å². The van der Waals surface area contributed by atoms with Crippen LogP contribution < -0.4 is 0 Å². The SMILES string of the molecule is CCC=CCC=CCC=CCCCCCCCCSC(CC)C(=O)O. The third kappa shape index (κ3) is 17.6. The zero-order chi connectivity index (χ0) is 18.6. The molecule has 0 aromatic rings. The van der Waals surface area contributed by atoms with E-state index in [1.807, 2.05) is 6.92 Å². The zero-order valence-corrected chi connectivity index (χ0v) is 17.1. The lowest BCUT2D eigenvalue weighted by atomic mass is 10.1. The molecule has 0 aromatic heterocycles. The van der Waals surface area contributed by atoms with Gasteiger partial charge in [0, 0.05) is 0 Å². The van der Waals surface area contributed by atoms with Gasteiger partial charge in [-0.15, -0.1) is 11.8 Å². The number of thioether (sulfide) groups is 1. The summed E-state index contributed by atoms with van der Waals surface area (Å²) in [6.07, 6.45) is 26.1. The lowest BCUT2D eigenvalue weighted by molar-refractivity contribution is -0.136. The van der Waals surface area contributed by atoms with Crippen molar-refractivity contribution < 1.29 is 9.90 Å². The fourth-order valence-electron chi connectivity index (χ4n) is 2.49. The Morgan fingerprint density at radius 2 is 1.40 bits per heavy atom. The molecule has 3 heteroatoms. The van der Waals surface area contributed by atoms with Crippen LogP contribution in [0.4, 0.5) is 0 Å². The molecule has 0 aliphatic carbocycles. The molecule has 0 aromatic carbocycles. The van der Waals surface area contributed by atoms with E-state index in [9.17, 15) is 4.79 Å². The van der Waals surface area contributed by atoms with Gasteiger partial charge in [-0.25, -0.2) is 0 Å². The summed E-state index contributed by atoms with van der Waals surface area (Å²) >= 11 is 1.60. The van der Waals surface area contributed by atoms with Crippen molar-refractivity contribution >= 4 is 17.7 Å². The molecule has 0 fully saturated rings. The largest absolute Gasteiger partial charge is 0.480 e. The first-order valence-corrected chi connectivity index (χ1v) is 11.1. The zero-order valence-electron chi connectivity index (χ0n) is 16.3. The van der Waals surface area contributed by atoms with E-state index in [1.165, 1.54) is 38.5 Å². The summed E-state index contributed by atoms with van der Waals surface area (Å²) in [5, 5.41) is 8.76. The van der Waals surface area contributed by atoms with Crippen LogP contribution in [0.2, 0.25) is 0 Å². The summed E-state index contributed by atoms with van der Waals surface area (Å²) in [6, 6.07) is 0. The Hall–Kier alpha value is -0.960. The van der Waals surface area contributed by atoms with E-state index in [4.69, 9.17) is 5.11 Å². The maximum Gasteiger partial charge on any atom is 0.316 e. The van der Waals surface area contributed by atoms with E-state index in [2.05, 4.69) is 43.4 Å². The van der Waals surface area contributed by atoms with Gasteiger partial charge in [-0.05, 0) is 50.7 Å². The van der Waals surface area contributed by atoms with Crippen LogP contribution in [0.5, 0.6) is 0 Å². The molecular formula is C22H38O2S. The second kappa shape index (κ2) is 19.4. The summed E-state index contributed by atoms with van der Waals surface area (Å²) in [4.78, 5) is 10.9. The van der Waals surface area contributed by atoms with E-state index in [0.717, 1.165) is 37.9 Å². The van der Waals surface area contributed by atoms with Gasteiger partial charge in [0.15, 0.2) is 0 Å². The normalized spacial score (nSPS) is 13.4. The minimum atomic E-state index is -0.663. The van der Waals surface area contributed by atoms with Crippen LogP contribution in [0.3, 0.4) is 0 Å². The molecule has 1 atom stereocenters. The van der Waals surface area contributed by atoms with Crippen molar-refractivity contribution in [2.75, 3.05) is 5.75 Å². The van der Waals surface area contributed by atoms with E-state index in [1.54, 1.807) is 11.8 Å². The van der Waals surface area contributed by atoms with Crippen molar-refractivity contribution in [2.24, 2.45) is 0 Å². The third-order valence-corrected chi connectivity index (χ3v) is 5.47. The van der Waals surface area contributed by atoms with E-state index >= 15 is 0 Å². The number of carboxylic acid groups (broad SMARTS) is 1. The predicted octanol–water partition coefficient (Wildman–Crippen LogP) is 7.17. The number of hydrogen-bond donors (Lipinski definition) is 1. The first-order valence-electron chi connectivity index (χ1n) is 10.0. The monoisotopic (exact) mass is 366 g/mol. The lowest BCUT2D eigenvalue weighted by Crippen LogP contribution is -2.15. The van der Waals surface area contributed by atoms with Gasteiger partial charge in [0.25, 0.3) is 0 Å². The van der Waals surface area contributed by atoms with Gasteiger partial charge in [-0.2, -0.15) is 0 Å². The lowest BCUT2D eigenvalue weighted by Gasteiger charge is -2.08. The maximum absolute atomic E-state index is 10.9. The minimum Gasteiger partial charge on any atom is -0.480 e. The van der Waals surface area contributed by atoms with Crippen molar-refractivity contribution in [1.29, 1.82) is 0 Å². The van der Waals surface area contributed by atoms with Crippen LogP contribution in [0.25, 0.3) is 0 Å². The van der Waals surface area contributed by atoms with Gasteiger partial charge < -0.3 is 5.11 Å². The topological polar surface area (TPSA) is 37.3 Å². The summed E-state index contributed by atoms with van der Waals surface area (Å²) in [5.74, 6) is 0.319. The first kappa shape index (κ1) is 24.0. The molecule has 0 aliphatic heterocycles. The van der Waals surface area contributed by atoms with Crippen molar-refractivity contribution in [3.63, 3.8) is 0 Å². The summed E-state index contributed by atoms with van der Waals surface area (Å²) in [7, 11) is 0. The van der Waals surface area contributed by atoms with E-state index in [-0.39, 0.29) is 5.25 Å². The average molecular weight is 367 g/mol. The second-order valence-corrected chi connectivity index (χ2v) is 7.62. The standard InChI is InChI=1S/C22H38O2S/c1-3-5-6-7-8-9-10-11-12-13-14-15-16-17-18-19-20-25-21(4-2)22(23)24/h5-6,8-9,11-12,21H,3-4,7,10,13-20H2,1-2H3,(H,23,24). The van der Waals surface area contributed by atoms with Crippen LogP contribution in [0, 0.1) is 0 Å². The van der Waals surface area contributed by atoms with Gasteiger partial charge in [0.05, 0.1) is 0 Å². The predicted molar refractivity (Wildman–Crippen MR) is 113 cm³/mol. The van der Waals surface area contributed by atoms with Crippen molar-refractivity contribution in [2.45, 2.75) is 89.7 Å². The van der Waals surface area contributed by atoms with Gasteiger partial charge >= 0.3 is 5.97 Å². The highest BCUT2D eigenvalue weighted by atomic mass is 32.2. The Balaban J connectivity index is 3.32. The van der Waals surface area contributed by atoms with Gasteiger partial charge in [-0.1, -0.05) is 76.0 Å². The Bertz CT molecular complexity index is 385. The van der Waals surface area contributed by atoms with Gasteiger partial charge in [0.1, 0.15) is 5.25 Å². The Morgan fingerprint density at radius 1 is 0.840 bits per heavy atom. The minimum absolute atomic E-state index is 0.213. The number of hydrogen-bond acceptors (Lipinski definition) is 2. The smallest absolute Gasteiger partial charge is 0.316 e. The molecule has 0 amide bonds. The Kier molecular flexibility index (Phi) is 18.6. The van der Waals surface area contributed by atoms with Crippen molar-refractivity contribution in [3.8, 4) is 0 Å². The molecule has 25 heavy (non-hydrogen) atoms. The maximum atomic E-state index is 10.9. The van der Waals surface area contributed by atoms with Crippen LogP contribution >= 0.6 is 11.8 Å². The highest BCUT2D eigenvalue weighted by molar-refractivity contribution is 8.00. The molecule has 1 unspecified atom stereocenters. The summed E-state index contributed by atoms with van der Waals surface area (Å²) in [6.45, 7) is 4.10. The van der Waals surface area contributed by atoms with Crippen LogP contribution in [0.15, 0.2) is 36.5 Å². The van der Waals surface area contributed by atoms with E-state index in [0.29, 0.717) is 0 Å². The van der Waals surface area contributed by atoms with Crippen LogP contribution in [-0.2, 0) is 4.79 Å². The number of carbonyl (C=O) groups is 1. The van der Waals surface area contributed by atoms with Crippen LogP contribution in [0.1, 0.15) is 84.5 Å². The Labute approximate surface area is 159 Å². The van der Waals surface area contributed by atoms with Gasteiger partial charge in [-0.3, -0.25) is 4.79 Å². The number of aliphatic carboxylic acids is 1. The number of rotatable bonds is 17.